The summed E-state index contributed by atoms with van der Waals surface area (Å²) in [5.74, 6) is 0.941. The third kappa shape index (κ3) is 8.84. The van der Waals surface area contributed by atoms with Crippen molar-refractivity contribution in [3.8, 4) is 0 Å². The summed E-state index contributed by atoms with van der Waals surface area (Å²) in [5, 5.41) is 3.22. The second-order valence-corrected chi connectivity index (χ2v) is 6.30. The van der Waals surface area contributed by atoms with Crippen molar-refractivity contribution in [2.75, 3.05) is 38.3 Å². The van der Waals surface area contributed by atoms with Gasteiger partial charge in [-0.1, -0.05) is 13.8 Å². The third-order valence-corrected chi connectivity index (χ3v) is 4.07. The fraction of sp³-hybridized carbons (Fsp3) is 1.00. The van der Waals surface area contributed by atoms with Crippen molar-refractivity contribution >= 4 is 9.84 Å². The van der Waals surface area contributed by atoms with Gasteiger partial charge in [-0.2, -0.15) is 0 Å². The Morgan fingerprint density at radius 1 is 1.40 bits per heavy atom. The van der Waals surface area contributed by atoms with Crippen LogP contribution in [0.2, 0.25) is 0 Å². The largest absolute Gasteiger partial charge is 0.383 e. The predicted molar refractivity (Wildman–Crippen MR) is 62.9 cm³/mol. The van der Waals surface area contributed by atoms with E-state index in [1.54, 1.807) is 14.0 Å². The Balaban J connectivity index is 3.53. The van der Waals surface area contributed by atoms with Crippen LogP contribution in [-0.2, 0) is 14.6 Å². The van der Waals surface area contributed by atoms with Crippen LogP contribution in [0.25, 0.3) is 0 Å². The summed E-state index contributed by atoms with van der Waals surface area (Å²) >= 11 is 0. The molecule has 0 aromatic rings. The van der Waals surface area contributed by atoms with E-state index in [-0.39, 0.29) is 5.75 Å². The number of sulfone groups is 1. The SMILES string of the molecule is CCS(=O)(=O)CCC(C)CNCCOC. The van der Waals surface area contributed by atoms with Crippen LogP contribution in [0.3, 0.4) is 0 Å². The van der Waals surface area contributed by atoms with Gasteiger partial charge in [0.2, 0.25) is 0 Å². The first-order valence-corrected chi connectivity index (χ1v) is 7.24. The quantitative estimate of drug-likeness (QED) is 0.599. The van der Waals surface area contributed by atoms with Crippen LogP contribution in [0.4, 0.5) is 0 Å². The monoisotopic (exact) mass is 237 g/mol. The molecule has 0 saturated carbocycles. The normalized spacial score (nSPS) is 14.1. The van der Waals surface area contributed by atoms with E-state index in [4.69, 9.17) is 4.74 Å². The van der Waals surface area contributed by atoms with E-state index in [0.717, 1.165) is 19.5 Å². The summed E-state index contributed by atoms with van der Waals surface area (Å²) in [4.78, 5) is 0. The number of nitrogens with one attached hydrogen (secondary N) is 1. The Hall–Kier alpha value is -0.130. The summed E-state index contributed by atoms with van der Waals surface area (Å²) in [7, 11) is -1.14. The molecule has 4 nitrogen and oxygen atoms in total. The number of hydrogen-bond acceptors (Lipinski definition) is 4. The fourth-order valence-electron chi connectivity index (χ4n) is 1.15. The minimum absolute atomic E-state index is 0.247. The lowest BCUT2D eigenvalue weighted by Crippen LogP contribution is -2.26. The number of methoxy groups -OCH3 is 1. The first-order valence-electron chi connectivity index (χ1n) is 5.42. The highest BCUT2D eigenvalue weighted by molar-refractivity contribution is 7.91. The molecule has 1 unspecified atom stereocenters. The zero-order valence-electron chi connectivity index (χ0n) is 9.95. The highest BCUT2D eigenvalue weighted by Gasteiger charge is 2.10. The zero-order chi connectivity index (χ0) is 11.7. The molecule has 0 rings (SSSR count). The maximum Gasteiger partial charge on any atom is 0.150 e. The summed E-state index contributed by atoms with van der Waals surface area (Å²) in [6, 6.07) is 0. The number of rotatable bonds is 9. The van der Waals surface area contributed by atoms with Crippen LogP contribution in [0.1, 0.15) is 20.3 Å². The van der Waals surface area contributed by atoms with Gasteiger partial charge in [0.15, 0.2) is 0 Å². The lowest BCUT2D eigenvalue weighted by molar-refractivity contribution is 0.198. The van der Waals surface area contributed by atoms with Crippen LogP contribution in [0.5, 0.6) is 0 Å². The fourth-order valence-corrected chi connectivity index (χ4v) is 2.20. The number of hydrogen-bond donors (Lipinski definition) is 1. The topological polar surface area (TPSA) is 55.4 Å². The molecular weight excluding hydrogens is 214 g/mol. The van der Waals surface area contributed by atoms with Gasteiger partial charge < -0.3 is 10.1 Å². The Kier molecular flexibility index (Phi) is 8.00. The van der Waals surface area contributed by atoms with Crippen molar-refractivity contribution in [2.45, 2.75) is 20.3 Å². The molecule has 0 amide bonds. The van der Waals surface area contributed by atoms with Crippen molar-refractivity contribution in [3.63, 3.8) is 0 Å². The molecule has 0 aliphatic heterocycles. The van der Waals surface area contributed by atoms with Crippen molar-refractivity contribution in [1.29, 1.82) is 0 Å². The maximum absolute atomic E-state index is 11.2. The van der Waals surface area contributed by atoms with Gasteiger partial charge in [0.1, 0.15) is 9.84 Å². The van der Waals surface area contributed by atoms with Gasteiger partial charge in [-0.05, 0) is 18.9 Å². The number of ether oxygens (including phenoxy) is 1. The molecule has 0 aliphatic rings. The second-order valence-electron chi connectivity index (χ2n) is 3.83. The molecule has 5 heteroatoms. The first kappa shape index (κ1) is 14.9. The molecule has 1 N–H and O–H groups in total. The Bertz CT molecular complexity index is 239. The smallest absolute Gasteiger partial charge is 0.150 e. The Morgan fingerprint density at radius 2 is 2.07 bits per heavy atom. The van der Waals surface area contributed by atoms with E-state index in [1.807, 2.05) is 0 Å². The summed E-state index contributed by atoms with van der Waals surface area (Å²) in [5.41, 5.74) is 0. The van der Waals surface area contributed by atoms with E-state index in [2.05, 4.69) is 12.2 Å². The molecule has 0 spiro atoms. The van der Waals surface area contributed by atoms with Gasteiger partial charge in [-0.3, -0.25) is 0 Å². The lowest BCUT2D eigenvalue weighted by atomic mass is 10.1. The minimum atomic E-state index is -2.80. The second kappa shape index (κ2) is 8.07. The van der Waals surface area contributed by atoms with Crippen molar-refractivity contribution in [1.82, 2.24) is 5.32 Å². The van der Waals surface area contributed by atoms with Gasteiger partial charge >= 0.3 is 0 Å². The molecule has 92 valence electrons. The highest BCUT2D eigenvalue weighted by atomic mass is 32.2. The van der Waals surface area contributed by atoms with Crippen molar-refractivity contribution in [2.24, 2.45) is 5.92 Å². The lowest BCUT2D eigenvalue weighted by Gasteiger charge is -2.12. The van der Waals surface area contributed by atoms with Crippen LogP contribution in [0.15, 0.2) is 0 Å². The van der Waals surface area contributed by atoms with Gasteiger partial charge in [0.25, 0.3) is 0 Å². The zero-order valence-corrected chi connectivity index (χ0v) is 10.8. The molecule has 0 saturated heterocycles. The average molecular weight is 237 g/mol. The van der Waals surface area contributed by atoms with Crippen LogP contribution in [-0.4, -0.2) is 46.7 Å². The van der Waals surface area contributed by atoms with Crippen molar-refractivity contribution < 1.29 is 13.2 Å². The molecule has 0 bridgehead atoms. The van der Waals surface area contributed by atoms with E-state index in [1.165, 1.54) is 0 Å². The van der Waals surface area contributed by atoms with Gasteiger partial charge in [-0.15, -0.1) is 0 Å². The standard InChI is InChI=1S/C10H23NO3S/c1-4-15(12,13)8-5-10(2)9-11-6-7-14-3/h10-11H,4-9H2,1-3H3. The van der Waals surface area contributed by atoms with E-state index in [0.29, 0.717) is 18.3 Å². The van der Waals surface area contributed by atoms with E-state index in [9.17, 15) is 8.42 Å². The summed E-state index contributed by atoms with van der Waals surface area (Å²) in [6.45, 7) is 6.12. The van der Waals surface area contributed by atoms with Gasteiger partial charge in [-0.25, -0.2) is 8.42 Å². The molecule has 15 heavy (non-hydrogen) atoms. The van der Waals surface area contributed by atoms with E-state index < -0.39 is 9.84 Å². The Labute approximate surface area is 93.3 Å². The predicted octanol–water partition coefficient (Wildman–Crippen LogP) is 0.683. The summed E-state index contributed by atoms with van der Waals surface area (Å²) in [6.07, 6.45) is 0.732. The van der Waals surface area contributed by atoms with Gasteiger partial charge in [0, 0.05) is 19.4 Å². The van der Waals surface area contributed by atoms with Crippen LogP contribution in [0, 0.1) is 5.92 Å². The van der Waals surface area contributed by atoms with Crippen LogP contribution >= 0.6 is 0 Å². The molecule has 0 aromatic heterocycles. The molecule has 1 atom stereocenters. The maximum atomic E-state index is 11.2. The molecular formula is C10H23NO3S. The van der Waals surface area contributed by atoms with Crippen LogP contribution < -0.4 is 5.32 Å². The molecule has 0 radical (unpaired) electrons. The van der Waals surface area contributed by atoms with Gasteiger partial charge in [0.05, 0.1) is 12.4 Å². The highest BCUT2D eigenvalue weighted by Crippen LogP contribution is 2.03. The molecule has 0 aliphatic carbocycles. The third-order valence-electron chi connectivity index (χ3n) is 2.34. The van der Waals surface area contributed by atoms with Crippen molar-refractivity contribution in [3.05, 3.63) is 0 Å². The summed E-state index contributed by atoms with van der Waals surface area (Å²) < 4.78 is 27.4. The minimum Gasteiger partial charge on any atom is -0.383 e. The average Bonchev–Trinajstić information content (AvgIpc) is 2.22. The molecule has 0 heterocycles. The molecule has 0 aromatic carbocycles. The van der Waals surface area contributed by atoms with E-state index >= 15 is 0 Å². The molecule has 0 fully saturated rings. The first-order chi connectivity index (χ1) is 7.02. The Morgan fingerprint density at radius 3 is 2.60 bits per heavy atom.